The van der Waals surface area contributed by atoms with Crippen molar-refractivity contribution in [2.24, 2.45) is 5.41 Å². The molecule has 0 fully saturated rings. The predicted octanol–water partition coefficient (Wildman–Crippen LogP) is 4.54. The molecule has 1 aromatic carbocycles. The van der Waals surface area contributed by atoms with Gasteiger partial charge in [-0.25, -0.2) is 13.6 Å². The number of halogens is 2. The van der Waals surface area contributed by atoms with Crippen LogP contribution in [0.25, 0.3) is 0 Å². The zero-order valence-corrected chi connectivity index (χ0v) is 18.4. The van der Waals surface area contributed by atoms with Crippen LogP contribution in [0.4, 0.5) is 8.78 Å². The molecule has 1 atom stereocenters. The van der Waals surface area contributed by atoms with E-state index in [4.69, 9.17) is 9.47 Å². The number of nitrogens with one attached hydrogen (secondary N) is 1. The summed E-state index contributed by atoms with van der Waals surface area (Å²) < 4.78 is 38.4. The molecule has 3 rings (SSSR count). The Morgan fingerprint density at radius 2 is 1.90 bits per heavy atom. The van der Waals surface area contributed by atoms with Crippen LogP contribution in [0.15, 0.2) is 40.7 Å². The highest BCUT2D eigenvalue weighted by Gasteiger charge is 2.43. The number of hydrogen-bond donors (Lipinski definition) is 1. The Kier molecular flexibility index (Phi) is 6.94. The smallest absolute Gasteiger partial charge is 0.336 e. The number of esters is 1. The molecule has 5 nitrogen and oxygen atoms in total. The minimum absolute atomic E-state index is 0.0625. The van der Waals surface area contributed by atoms with Gasteiger partial charge in [0.05, 0.1) is 12.2 Å². The normalized spacial score (nSPS) is 20.5. The van der Waals surface area contributed by atoms with Crippen LogP contribution in [0.3, 0.4) is 0 Å². The van der Waals surface area contributed by atoms with Crippen LogP contribution >= 0.6 is 0 Å². The van der Waals surface area contributed by atoms with Gasteiger partial charge >= 0.3 is 5.97 Å². The fourth-order valence-electron chi connectivity index (χ4n) is 4.25. The summed E-state index contributed by atoms with van der Waals surface area (Å²) in [5, 5.41) is 3.21. The molecule has 1 aliphatic carbocycles. The molecular formula is C24H29F2NO4. The van der Waals surface area contributed by atoms with E-state index in [-0.39, 0.29) is 30.0 Å². The quantitative estimate of drug-likeness (QED) is 0.505. The van der Waals surface area contributed by atoms with E-state index in [1.807, 2.05) is 20.8 Å². The van der Waals surface area contributed by atoms with Crippen molar-refractivity contribution in [2.45, 2.75) is 52.9 Å². The van der Waals surface area contributed by atoms with Gasteiger partial charge in [-0.05, 0) is 42.9 Å². The molecular weight excluding hydrogens is 404 g/mol. The van der Waals surface area contributed by atoms with Crippen LogP contribution < -0.4 is 5.32 Å². The molecule has 0 saturated carbocycles. The van der Waals surface area contributed by atoms with Gasteiger partial charge in [0.15, 0.2) is 17.4 Å². The van der Waals surface area contributed by atoms with Crippen molar-refractivity contribution in [3.8, 4) is 0 Å². The molecule has 0 saturated heterocycles. The third-order valence-electron chi connectivity index (χ3n) is 5.55. The van der Waals surface area contributed by atoms with Crippen LogP contribution in [-0.2, 0) is 19.1 Å². The molecule has 7 heteroatoms. The highest BCUT2D eigenvalue weighted by molar-refractivity contribution is 6.04. The van der Waals surface area contributed by atoms with E-state index in [9.17, 15) is 18.4 Å². The largest absolute Gasteiger partial charge is 0.460 e. The molecule has 0 radical (unpaired) electrons. The minimum Gasteiger partial charge on any atom is -0.460 e. The van der Waals surface area contributed by atoms with Crippen LogP contribution in [0.2, 0.25) is 0 Å². The number of ketones is 1. The van der Waals surface area contributed by atoms with E-state index in [2.05, 4.69) is 5.32 Å². The maximum absolute atomic E-state index is 14.1. The Labute approximate surface area is 181 Å². The second kappa shape index (κ2) is 9.30. The number of carbonyl (C=O) groups excluding carboxylic acids is 2. The Bertz CT molecular complexity index is 949. The van der Waals surface area contributed by atoms with E-state index in [1.165, 1.54) is 6.07 Å². The molecule has 1 N–H and O–H groups in total. The number of benzene rings is 1. The van der Waals surface area contributed by atoms with Crippen molar-refractivity contribution in [1.82, 2.24) is 5.32 Å². The first-order valence-electron chi connectivity index (χ1n) is 10.6. The molecule has 1 unspecified atom stereocenters. The second-order valence-corrected chi connectivity index (χ2v) is 8.85. The first kappa shape index (κ1) is 23.1. The monoisotopic (exact) mass is 433 g/mol. The molecule has 1 aromatic rings. The van der Waals surface area contributed by atoms with Crippen molar-refractivity contribution in [3.63, 3.8) is 0 Å². The summed E-state index contributed by atoms with van der Waals surface area (Å²) in [4.78, 5) is 26.1. The second-order valence-electron chi connectivity index (χ2n) is 8.85. The molecule has 1 aliphatic heterocycles. The Balaban J connectivity index is 1.99. The number of hydrogen-bond acceptors (Lipinski definition) is 5. The summed E-state index contributed by atoms with van der Waals surface area (Å²) in [7, 11) is 0. The van der Waals surface area contributed by atoms with Gasteiger partial charge in [-0.1, -0.05) is 26.8 Å². The van der Waals surface area contributed by atoms with E-state index < -0.39 is 23.5 Å². The van der Waals surface area contributed by atoms with E-state index in [0.29, 0.717) is 36.3 Å². The van der Waals surface area contributed by atoms with Crippen molar-refractivity contribution in [3.05, 3.63) is 57.9 Å². The Morgan fingerprint density at radius 3 is 2.58 bits per heavy atom. The van der Waals surface area contributed by atoms with Gasteiger partial charge in [0.1, 0.15) is 6.61 Å². The molecule has 0 bridgehead atoms. The highest BCUT2D eigenvalue weighted by Crippen LogP contribution is 2.46. The van der Waals surface area contributed by atoms with Gasteiger partial charge in [0, 0.05) is 35.9 Å². The number of rotatable bonds is 7. The van der Waals surface area contributed by atoms with Gasteiger partial charge in [-0.15, -0.1) is 0 Å². The number of ether oxygens (including phenoxy) is 2. The lowest BCUT2D eigenvalue weighted by molar-refractivity contribution is -0.141. The van der Waals surface area contributed by atoms with Crippen molar-refractivity contribution >= 4 is 11.8 Å². The van der Waals surface area contributed by atoms with Gasteiger partial charge in [0.25, 0.3) is 0 Å². The molecule has 0 amide bonds. The fraction of sp³-hybridized carbons (Fsp3) is 0.500. The molecule has 2 aliphatic rings. The molecule has 168 valence electrons. The first-order valence-corrected chi connectivity index (χ1v) is 10.6. The van der Waals surface area contributed by atoms with Crippen molar-refractivity contribution in [1.29, 1.82) is 0 Å². The third kappa shape index (κ3) is 5.03. The highest BCUT2D eigenvalue weighted by atomic mass is 19.2. The van der Waals surface area contributed by atoms with Crippen molar-refractivity contribution < 1.29 is 27.8 Å². The number of carbonyl (C=O) groups is 2. The standard InChI is InChI=1S/C24H29F2NO4/c1-5-8-30-9-10-31-23(29)20-14(2)27-18-12-24(3,4)13-19(28)22(18)21(20)15-6-7-16(25)17(26)11-15/h6-7,11,21,27H,5,8-10,12-13H2,1-4H3. The summed E-state index contributed by atoms with van der Waals surface area (Å²) in [5.74, 6) is -3.55. The summed E-state index contributed by atoms with van der Waals surface area (Å²) in [6, 6.07) is 3.48. The lowest BCUT2D eigenvalue weighted by atomic mass is 9.68. The minimum atomic E-state index is -1.03. The maximum Gasteiger partial charge on any atom is 0.336 e. The SMILES string of the molecule is CCCOCCOC(=O)C1=C(C)NC2=C(C(=O)CC(C)(C)C2)C1c1ccc(F)c(F)c1. The first-order chi connectivity index (χ1) is 14.6. The summed E-state index contributed by atoms with van der Waals surface area (Å²) in [5.41, 5.74) is 2.01. The van der Waals surface area contributed by atoms with Gasteiger partial charge in [-0.2, -0.15) is 0 Å². The number of dihydropyridines is 1. The zero-order valence-electron chi connectivity index (χ0n) is 18.4. The van der Waals surface area contributed by atoms with Gasteiger partial charge < -0.3 is 14.8 Å². The molecule has 1 heterocycles. The zero-order chi connectivity index (χ0) is 22.8. The van der Waals surface area contributed by atoms with E-state index in [1.54, 1.807) is 6.92 Å². The summed E-state index contributed by atoms with van der Waals surface area (Å²) in [6.07, 6.45) is 1.77. The molecule has 0 aromatic heterocycles. The predicted molar refractivity (Wildman–Crippen MR) is 112 cm³/mol. The lowest BCUT2D eigenvalue weighted by Gasteiger charge is -2.39. The average molecular weight is 433 g/mol. The Morgan fingerprint density at radius 1 is 1.16 bits per heavy atom. The van der Waals surface area contributed by atoms with Gasteiger partial charge in [-0.3, -0.25) is 4.79 Å². The number of allylic oxidation sites excluding steroid dienone is 3. The van der Waals surface area contributed by atoms with Crippen LogP contribution in [0.5, 0.6) is 0 Å². The van der Waals surface area contributed by atoms with Crippen LogP contribution in [0, 0.1) is 17.0 Å². The summed E-state index contributed by atoms with van der Waals surface area (Å²) in [6.45, 7) is 8.60. The molecule has 31 heavy (non-hydrogen) atoms. The third-order valence-corrected chi connectivity index (χ3v) is 5.55. The fourth-order valence-corrected chi connectivity index (χ4v) is 4.25. The topological polar surface area (TPSA) is 64.6 Å². The average Bonchev–Trinajstić information content (AvgIpc) is 2.67. The van der Waals surface area contributed by atoms with E-state index in [0.717, 1.165) is 24.3 Å². The van der Waals surface area contributed by atoms with Crippen LogP contribution in [0.1, 0.15) is 58.4 Å². The van der Waals surface area contributed by atoms with Gasteiger partial charge in [0.2, 0.25) is 0 Å². The Hall–Kier alpha value is -2.54. The van der Waals surface area contributed by atoms with Crippen molar-refractivity contribution in [2.75, 3.05) is 19.8 Å². The maximum atomic E-state index is 14.1. The van der Waals surface area contributed by atoms with Crippen LogP contribution in [-0.4, -0.2) is 31.6 Å². The van der Waals surface area contributed by atoms with E-state index >= 15 is 0 Å². The number of Topliss-reactive ketones (excluding diaryl/α,β-unsaturated/α-hetero) is 1. The lowest BCUT2D eigenvalue weighted by Crippen LogP contribution is -2.38. The molecule has 0 spiro atoms. The summed E-state index contributed by atoms with van der Waals surface area (Å²) >= 11 is 0.